The van der Waals surface area contributed by atoms with Crippen molar-refractivity contribution in [2.45, 2.75) is 25.8 Å². The third-order valence-corrected chi connectivity index (χ3v) is 3.64. The van der Waals surface area contributed by atoms with E-state index in [9.17, 15) is 4.79 Å². The first-order chi connectivity index (χ1) is 9.19. The molecule has 0 saturated carbocycles. The van der Waals surface area contributed by atoms with Crippen molar-refractivity contribution in [3.63, 3.8) is 0 Å². The van der Waals surface area contributed by atoms with Crippen LogP contribution in [0.2, 0.25) is 0 Å². The summed E-state index contributed by atoms with van der Waals surface area (Å²) >= 11 is 0. The van der Waals surface area contributed by atoms with E-state index in [2.05, 4.69) is 11.9 Å². The third kappa shape index (κ3) is 2.03. The molecule has 4 nitrogen and oxygen atoms in total. The van der Waals surface area contributed by atoms with Gasteiger partial charge in [-0.3, -0.25) is 9.36 Å². The maximum absolute atomic E-state index is 12.1. The van der Waals surface area contributed by atoms with E-state index in [0.717, 1.165) is 35.7 Å². The van der Waals surface area contributed by atoms with Gasteiger partial charge in [0.15, 0.2) is 0 Å². The van der Waals surface area contributed by atoms with Crippen LogP contribution in [0.4, 0.5) is 0 Å². The van der Waals surface area contributed by atoms with Crippen LogP contribution >= 0.6 is 0 Å². The van der Waals surface area contributed by atoms with Gasteiger partial charge in [0.1, 0.15) is 11.6 Å². The topological polar surface area (TPSA) is 44.1 Å². The summed E-state index contributed by atoms with van der Waals surface area (Å²) in [5.74, 6) is 1.70. The van der Waals surface area contributed by atoms with Crippen LogP contribution in [-0.2, 0) is 6.42 Å². The van der Waals surface area contributed by atoms with Crippen LogP contribution < -0.4 is 10.3 Å². The van der Waals surface area contributed by atoms with Crippen molar-refractivity contribution in [1.82, 2.24) is 9.55 Å². The average molecular weight is 256 g/mol. The average Bonchev–Trinajstić information content (AvgIpc) is 2.81. The summed E-state index contributed by atoms with van der Waals surface area (Å²) in [6.07, 6.45) is 1.87. The third-order valence-electron chi connectivity index (χ3n) is 3.64. The second-order valence-electron chi connectivity index (χ2n) is 4.88. The van der Waals surface area contributed by atoms with Crippen LogP contribution in [0, 0.1) is 0 Å². The predicted octanol–water partition coefficient (Wildman–Crippen LogP) is 2.43. The Hall–Kier alpha value is -2.10. The number of fused-ring (bicyclic) bond motifs is 1. The smallest absolute Gasteiger partial charge is 0.254 e. The largest absolute Gasteiger partial charge is 0.497 e. The Balaban J connectivity index is 2.06. The Morgan fingerprint density at radius 1 is 1.32 bits per heavy atom. The molecular formula is C15H16N2O2. The molecule has 2 aromatic rings. The molecule has 1 aromatic carbocycles. The van der Waals surface area contributed by atoms with E-state index in [1.54, 1.807) is 17.7 Å². The number of nitrogens with zero attached hydrogens (tertiary/aromatic N) is 2. The van der Waals surface area contributed by atoms with Crippen molar-refractivity contribution in [2.75, 3.05) is 7.11 Å². The van der Waals surface area contributed by atoms with E-state index >= 15 is 0 Å². The van der Waals surface area contributed by atoms with Gasteiger partial charge < -0.3 is 4.74 Å². The highest BCUT2D eigenvalue weighted by Gasteiger charge is 2.21. The molecule has 0 N–H and O–H groups in total. The molecule has 0 aliphatic carbocycles. The van der Waals surface area contributed by atoms with Crippen molar-refractivity contribution < 1.29 is 4.74 Å². The van der Waals surface area contributed by atoms with Gasteiger partial charge in [-0.1, -0.05) is 0 Å². The van der Waals surface area contributed by atoms with Crippen LogP contribution in [0.15, 0.2) is 35.1 Å². The molecule has 1 aliphatic rings. The molecule has 1 atom stereocenters. The zero-order valence-corrected chi connectivity index (χ0v) is 11.1. The van der Waals surface area contributed by atoms with Crippen molar-refractivity contribution in [3.05, 3.63) is 46.5 Å². The van der Waals surface area contributed by atoms with Gasteiger partial charge in [-0.2, -0.15) is 0 Å². The Morgan fingerprint density at radius 3 is 2.74 bits per heavy atom. The maximum Gasteiger partial charge on any atom is 0.254 e. The van der Waals surface area contributed by atoms with Crippen molar-refractivity contribution >= 4 is 0 Å². The second-order valence-corrected chi connectivity index (χ2v) is 4.88. The molecule has 0 bridgehead atoms. The van der Waals surface area contributed by atoms with Gasteiger partial charge in [0.25, 0.3) is 5.56 Å². The first kappa shape index (κ1) is 12.0. The van der Waals surface area contributed by atoms with Gasteiger partial charge in [0, 0.05) is 24.1 Å². The zero-order valence-electron chi connectivity index (χ0n) is 11.1. The summed E-state index contributed by atoms with van der Waals surface area (Å²) in [6, 6.07) is 9.49. The van der Waals surface area contributed by atoms with E-state index in [-0.39, 0.29) is 11.6 Å². The molecule has 0 radical (unpaired) electrons. The number of hydrogen-bond acceptors (Lipinski definition) is 3. The molecule has 0 saturated heterocycles. The fraction of sp³-hybridized carbons (Fsp3) is 0.333. The van der Waals surface area contributed by atoms with Crippen LogP contribution in [0.5, 0.6) is 5.75 Å². The number of methoxy groups -OCH3 is 1. The van der Waals surface area contributed by atoms with E-state index in [1.165, 1.54) is 0 Å². The van der Waals surface area contributed by atoms with Gasteiger partial charge in [0.05, 0.1) is 12.8 Å². The van der Waals surface area contributed by atoms with Gasteiger partial charge in [-0.25, -0.2) is 4.98 Å². The molecule has 19 heavy (non-hydrogen) atoms. The minimum absolute atomic E-state index is 0.0424. The van der Waals surface area contributed by atoms with Gasteiger partial charge in [0.2, 0.25) is 0 Å². The fourth-order valence-corrected chi connectivity index (χ4v) is 2.56. The van der Waals surface area contributed by atoms with Crippen LogP contribution in [0.1, 0.15) is 25.2 Å². The number of rotatable bonds is 2. The number of benzene rings is 1. The number of ether oxygens (including phenoxy) is 1. The Bertz CT molecular complexity index is 659. The number of aryl methyl sites for hydroxylation is 1. The standard InChI is InChI=1S/C15H16N2O2/c1-10-3-8-14-16-13(9-15(18)17(10)14)11-4-6-12(19-2)7-5-11/h4-7,9-10H,3,8H2,1-2H3/t10-/m1/s1. The van der Waals surface area contributed by atoms with Crippen molar-refractivity contribution in [3.8, 4) is 17.0 Å². The highest BCUT2D eigenvalue weighted by molar-refractivity contribution is 5.59. The molecule has 3 rings (SSSR count). The number of hydrogen-bond donors (Lipinski definition) is 0. The molecule has 1 aliphatic heterocycles. The summed E-state index contributed by atoms with van der Waals surface area (Å²) in [5, 5.41) is 0. The fourth-order valence-electron chi connectivity index (χ4n) is 2.56. The monoisotopic (exact) mass is 256 g/mol. The van der Waals surface area contributed by atoms with Gasteiger partial charge >= 0.3 is 0 Å². The SMILES string of the molecule is COc1ccc(-c2cc(=O)n3c(n2)CC[C@H]3C)cc1. The summed E-state index contributed by atoms with van der Waals surface area (Å²) in [6.45, 7) is 2.06. The molecule has 2 heterocycles. The quantitative estimate of drug-likeness (QED) is 0.829. The molecule has 1 aromatic heterocycles. The van der Waals surface area contributed by atoms with Crippen molar-refractivity contribution in [2.24, 2.45) is 0 Å². The van der Waals surface area contributed by atoms with Crippen LogP contribution in [-0.4, -0.2) is 16.7 Å². The first-order valence-electron chi connectivity index (χ1n) is 6.46. The number of aromatic nitrogens is 2. The van der Waals surface area contributed by atoms with E-state index < -0.39 is 0 Å². The van der Waals surface area contributed by atoms with Crippen molar-refractivity contribution in [1.29, 1.82) is 0 Å². The molecule has 0 spiro atoms. The van der Waals surface area contributed by atoms with Gasteiger partial charge in [-0.05, 0) is 37.6 Å². The second kappa shape index (κ2) is 4.53. The van der Waals surface area contributed by atoms with E-state index in [0.29, 0.717) is 0 Å². The summed E-state index contributed by atoms with van der Waals surface area (Å²) in [5.41, 5.74) is 1.73. The lowest BCUT2D eigenvalue weighted by Crippen LogP contribution is -2.22. The molecular weight excluding hydrogens is 240 g/mol. The Kier molecular flexibility index (Phi) is 2.85. The van der Waals surface area contributed by atoms with Crippen LogP contribution in [0.25, 0.3) is 11.3 Å². The lowest BCUT2D eigenvalue weighted by atomic mass is 10.1. The molecule has 0 fully saturated rings. The Morgan fingerprint density at radius 2 is 2.05 bits per heavy atom. The normalized spacial score (nSPS) is 17.3. The lowest BCUT2D eigenvalue weighted by molar-refractivity contribution is 0.415. The highest BCUT2D eigenvalue weighted by atomic mass is 16.5. The minimum Gasteiger partial charge on any atom is -0.497 e. The predicted molar refractivity (Wildman–Crippen MR) is 73.5 cm³/mol. The van der Waals surface area contributed by atoms with Gasteiger partial charge in [-0.15, -0.1) is 0 Å². The molecule has 0 amide bonds. The maximum atomic E-state index is 12.1. The first-order valence-corrected chi connectivity index (χ1v) is 6.46. The van der Waals surface area contributed by atoms with Crippen LogP contribution in [0.3, 0.4) is 0 Å². The Labute approximate surface area is 111 Å². The molecule has 4 heteroatoms. The summed E-state index contributed by atoms with van der Waals surface area (Å²) in [4.78, 5) is 16.7. The summed E-state index contributed by atoms with van der Waals surface area (Å²) < 4.78 is 6.93. The zero-order chi connectivity index (χ0) is 13.4. The van der Waals surface area contributed by atoms with E-state index in [1.807, 2.05) is 24.3 Å². The molecule has 0 unspecified atom stereocenters. The lowest BCUT2D eigenvalue weighted by Gasteiger charge is -2.09. The van der Waals surface area contributed by atoms with E-state index in [4.69, 9.17) is 4.74 Å². The highest BCUT2D eigenvalue weighted by Crippen LogP contribution is 2.25. The minimum atomic E-state index is 0.0424. The molecule has 98 valence electrons. The summed E-state index contributed by atoms with van der Waals surface area (Å²) in [7, 11) is 1.64.